The molecular weight excluding hydrogens is 418 g/mol. The van der Waals surface area contributed by atoms with Crippen LogP contribution in [0.15, 0.2) is 69.4 Å². The number of rotatable bonds is 8. The Labute approximate surface area is 184 Å². The Balaban J connectivity index is 1.81. The van der Waals surface area contributed by atoms with E-state index in [-0.39, 0.29) is 5.91 Å². The zero-order valence-corrected chi connectivity index (χ0v) is 19.1. The molecule has 1 aromatic heterocycles. The number of nitrogens with one attached hydrogen (secondary N) is 1. The molecule has 150 valence electrons. The molecule has 0 saturated carbocycles. The second-order valence-corrected chi connectivity index (χ2v) is 10.3. The van der Waals surface area contributed by atoms with Crippen molar-refractivity contribution in [2.45, 2.75) is 34.7 Å². The number of hydrogen-bond acceptors (Lipinski definition) is 6. The predicted octanol–water partition coefficient (Wildman–Crippen LogP) is 6.30. The van der Waals surface area contributed by atoms with Gasteiger partial charge < -0.3 is 5.32 Å². The van der Waals surface area contributed by atoms with E-state index in [4.69, 9.17) is 0 Å². The van der Waals surface area contributed by atoms with Crippen LogP contribution in [0.5, 0.6) is 0 Å². The van der Waals surface area contributed by atoms with Crippen LogP contribution in [0.25, 0.3) is 0 Å². The number of carbonyl (C=O) groups excluding carboxylic acids is 1. The Morgan fingerprint density at radius 2 is 1.86 bits per heavy atom. The molecule has 2 aromatic carbocycles. The van der Waals surface area contributed by atoms with Crippen molar-refractivity contribution in [3.8, 4) is 0 Å². The van der Waals surface area contributed by atoms with Gasteiger partial charge in [0.15, 0.2) is 8.68 Å². The lowest BCUT2D eigenvalue weighted by Gasteiger charge is -2.17. The van der Waals surface area contributed by atoms with Gasteiger partial charge in [-0.1, -0.05) is 89.5 Å². The summed E-state index contributed by atoms with van der Waals surface area (Å²) in [4.78, 5) is 13.2. The van der Waals surface area contributed by atoms with Gasteiger partial charge >= 0.3 is 0 Å². The molecule has 29 heavy (non-hydrogen) atoms. The first-order valence-electron chi connectivity index (χ1n) is 9.13. The molecule has 0 aliphatic carbocycles. The first kappa shape index (κ1) is 21.6. The third-order valence-electron chi connectivity index (χ3n) is 4.04. The van der Waals surface area contributed by atoms with Crippen LogP contribution in [-0.4, -0.2) is 21.9 Å². The second-order valence-electron chi connectivity index (χ2n) is 6.80. The summed E-state index contributed by atoms with van der Waals surface area (Å²) in [6, 6.07) is 15.8. The maximum absolute atomic E-state index is 13.2. The molecule has 7 heteroatoms. The molecule has 0 bridgehead atoms. The van der Waals surface area contributed by atoms with Gasteiger partial charge in [0.05, 0.1) is 0 Å². The molecular formula is C22H23N3OS3. The quantitative estimate of drug-likeness (QED) is 0.329. The van der Waals surface area contributed by atoms with Crippen molar-refractivity contribution in [2.24, 2.45) is 0 Å². The third kappa shape index (κ3) is 6.19. The lowest BCUT2D eigenvalue weighted by Crippen LogP contribution is -2.19. The number of thioether (sulfide) groups is 2. The van der Waals surface area contributed by atoms with Crippen molar-refractivity contribution in [1.82, 2.24) is 10.2 Å². The van der Waals surface area contributed by atoms with Crippen LogP contribution in [0.3, 0.4) is 0 Å². The van der Waals surface area contributed by atoms with Crippen molar-refractivity contribution >= 4 is 46.5 Å². The molecule has 1 atom stereocenters. The monoisotopic (exact) mass is 441 g/mol. The Hall–Kier alpha value is -2.09. The first-order chi connectivity index (χ1) is 13.9. The molecule has 0 fully saturated rings. The fraction of sp³-hybridized carbons (Fsp3) is 0.227. The highest BCUT2D eigenvalue weighted by molar-refractivity contribution is 8.03. The molecule has 0 saturated heterocycles. The number of aromatic nitrogens is 2. The molecule has 1 amide bonds. The molecule has 1 unspecified atom stereocenters. The van der Waals surface area contributed by atoms with Gasteiger partial charge in [0, 0.05) is 11.4 Å². The Bertz CT molecular complexity index is 1000. The fourth-order valence-electron chi connectivity index (χ4n) is 2.56. The van der Waals surface area contributed by atoms with Gasteiger partial charge in [-0.05, 0) is 43.5 Å². The average molecular weight is 442 g/mol. The predicted molar refractivity (Wildman–Crippen MR) is 125 cm³/mol. The third-order valence-corrected chi connectivity index (χ3v) is 7.67. The van der Waals surface area contributed by atoms with Gasteiger partial charge in [-0.2, -0.15) is 0 Å². The number of hydrogen-bond donors (Lipinski definition) is 1. The summed E-state index contributed by atoms with van der Waals surface area (Å²) in [5.41, 5.74) is 5.01. The van der Waals surface area contributed by atoms with E-state index in [1.165, 1.54) is 23.1 Å². The fourth-order valence-corrected chi connectivity index (χ4v) is 5.61. The van der Waals surface area contributed by atoms with Gasteiger partial charge in [0.25, 0.3) is 0 Å². The van der Waals surface area contributed by atoms with Crippen LogP contribution in [0.4, 0.5) is 5.69 Å². The molecule has 4 nitrogen and oxygen atoms in total. The topological polar surface area (TPSA) is 54.9 Å². The molecule has 1 heterocycles. The second kappa shape index (κ2) is 10.1. The highest BCUT2D eigenvalue weighted by Gasteiger charge is 2.24. The van der Waals surface area contributed by atoms with Crippen LogP contribution in [-0.2, 0) is 4.79 Å². The van der Waals surface area contributed by atoms with E-state index in [9.17, 15) is 4.79 Å². The summed E-state index contributed by atoms with van der Waals surface area (Å²) in [5.74, 6) is 0.746. The Morgan fingerprint density at radius 1 is 1.14 bits per heavy atom. The minimum atomic E-state index is -0.414. The number of amides is 1. The molecule has 0 aliphatic rings. The van der Waals surface area contributed by atoms with Gasteiger partial charge in [0.1, 0.15) is 5.25 Å². The van der Waals surface area contributed by atoms with E-state index in [1.807, 2.05) is 69.3 Å². The maximum atomic E-state index is 13.2. The zero-order valence-electron chi connectivity index (χ0n) is 16.6. The molecule has 0 spiro atoms. The highest BCUT2D eigenvalue weighted by Crippen LogP contribution is 2.39. The van der Waals surface area contributed by atoms with E-state index >= 15 is 0 Å². The van der Waals surface area contributed by atoms with Crippen LogP contribution in [0.2, 0.25) is 0 Å². The standard InChI is InChI=1S/C22H23N3OS3/c1-14(2)13-27-21-24-25-22(29-21)28-19(17-8-6-5-7-9-17)20(26)23-18-12-15(3)10-11-16(18)4/h5-12,19H,1,13H2,2-4H3,(H,23,26). The van der Waals surface area contributed by atoms with E-state index < -0.39 is 5.25 Å². The number of benzene rings is 2. The van der Waals surface area contributed by atoms with Crippen molar-refractivity contribution in [2.75, 3.05) is 11.1 Å². The summed E-state index contributed by atoms with van der Waals surface area (Å²) in [7, 11) is 0. The van der Waals surface area contributed by atoms with Gasteiger partial charge in [-0.15, -0.1) is 10.2 Å². The van der Waals surface area contributed by atoms with Crippen molar-refractivity contribution in [3.63, 3.8) is 0 Å². The van der Waals surface area contributed by atoms with E-state index in [1.54, 1.807) is 11.8 Å². The smallest absolute Gasteiger partial charge is 0.242 e. The first-order valence-corrected chi connectivity index (χ1v) is 11.8. The normalized spacial score (nSPS) is 11.8. The number of carbonyl (C=O) groups is 1. The van der Waals surface area contributed by atoms with Crippen LogP contribution < -0.4 is 5.32 Å². The number of aryl methyl sites for hydroxylation is 2. The maximum Gasteiger partial charge on any atom is 0.242 e. The zero-order chi connectivity index (χ0) is 20.8. The van der Waals surface area contributed by atoms with Gasteiger partial charge in [0.2, 0.25) is 5.91 Å². The highest BCUT2D eigenvalue weighted by atomic mass is 32.2. The van der Waals surface area contributed by atoms with Crippen molar-refractivity contribution in [1.29, 1.82) is 0 Å². The molecule has 0 aliphatic heterocycles. The minimum absolute atomic E-state index is 0.0683. The number of nitrogens with zero attached hydrogens (tertiary/aromatic N) is 2. The lowest BCUT2D eigenvalue weighted by molar-refractivity contribution is -0.115. The van der Waals surface area contributed by atoms with E-state index in [0.717, 1.165) is 42.4 Å². The molecule has 3 rings (SSSR count). The van der Waals surface area contributed by atoms with Crippen molar-refractivity contribution < 1.29 is 4.79 Å². The number of anilines is 1. The summed E-state index contributed by atoms with van der Waals surface area (Å²) in [6.07, 6.45) is 0. The summed E-state index contributed by atoms with van der Waals surface area (Å²) >= 11 is 4.56. The summed E-state index contributed by atoms with van der Waals surface area (Å²) in [5, 5.41) is 11.2. The van der Waals surface area contributed by atoms with Gasteiger partial charge in [-0.3, -0.25) is 4.79 Å². The molecule has 3 aromatic rings. The molecule has 1 N–H and O–H groups in total. The van der Waals surface area contributed by atoms with E-state index in [0.29, 0.717) is 0 Å². The van der Waals surface area contributed by atoms with Gasteiger partial charge in [-0.25, -0.2) is 0 Å². The van der Waals surface area contributed by atoms with Crippen LogP contribution >= 0.6 is 34.9 Å². The van der Waals surface area contributed by atoms with Crippen LogP contribution in [0, 0.1) is 13.8 Å². The lowest BCUT2D eigenvalue weighted by atomic mass is 10.1. The van der Waals surface area contributed by atoms with E-state index in [2.05, 4.69) is 22.1 Å². The largest absolute Gasteiger partial charge is 0.325 e. The average Bonchev–Trinajstić information content (AvgIpc) is 3.15. The SMILES string of the molecule is C=C(C)CSc1nnc(SC(C(=O)Nc2cc(C)ccc2C)c2ccccc2)s1. The molecule has 0 radical (unpaired) electrons. The van der Waals surface area contributed by atoms with Crippen LogP contribution in [0.1, 0.15) is 28.9 Å². The Kier molecular flexibility index (Phi) is 7.52. The minimum Gasteiger partial charge on any atom is -0.325 e. The summed E-state index contributed by atoms with van der Waals surface area (Å²) < 4.78 is 1.66. The Morgan fingerprint density at radius 3 is 2.59 bits per heavy atom. The van der Waals surface area contributed by atoms with Crippen molar-refractivity contribution in [3.05, 3.63) is 77.4 Å². The summed E-state index contributed by atoms with van der Waals surface area (Å²) in [6.45, 7) is 9.93.